The molecule has 1 heterocycles. The number of aryl methyl sites for hydroxylation is 1. The van der Waals surface area contributed by atoms with Crippen molar-refractivity contribution >= 4 is 28.3 Å². The van der Waals surface area contributed by atoms with E-state index in [-0.39, 0.29) is 11.8 Å². The fraction of sp³-hybridized carbons (Fsp3) is 0.250. The molecule has 0 unspecified atom stereocenters. The molecule has 0 saturated heterocycles. The van der Waals surface area contributed by atoms with Crippen molar-refractivity contribution in [2.75, 3.05) is 11.4 Å². The van der Waals surface area contributed by atoms with Gasteiger partial charge >= 0.3 is 0 Å². The van der Waals surface area contributed by atoms with Crippen molar-refractivity contribution in [3.8, 4) is 0 Å². The SMILES string of the molecule is CCCCN(Cc1ccc(C)cc1)c1ccc2cccc3c2c1C(=O)NC3=O. The van der Waals surface area contributed by atoms with Crippen LogP contribution < -0.4 is 10.2 Å². The number of carbonyl (C=O) groups is 2. The largest absolute Gasteiger partial charge is 0.367 e. The fourth-order valence-electron chi connectivity index (χ4n) is 3.83. The van der Waals surface area contributed by atoms with Gasteiger partial charge in [0.25, 0.3) is 11.8 Å². The third-order valence-electron chi connectivity index (χ3n) is 5.34. The lowest BCUT2D eigenvalue weighted by atomic mass is 9.93. The predicted molar refractivity (Wildman–Crippen MR) is 113 cm³/mol. The average Bonchev–Trinajstić information content (AvgIpc) is 2.70. The minimum absolute atomic E-state index is 0.310. The molecule has 4 heteroatoms. The van der Waals surface area contributed by atoms with Crippen molar-refractivity contribution in [3.63, 3.8) is 0 Å². The maximum atomic E-state index is 12.8. The Kier molecular flexibility index (Phi) is 4.86. The molecule has 1 N–H and O–H groups in total. The number of carbonyl (C=O) groups excluding carboxylic acids is 2. The first kappa shape index (κ1) is 18.2. The smallest absolute Gasteiger partial charge is 0.260 e. The van der Waals surface area contributed by atoms with Gasteiger partial charge in [0.1, 0.15) is 0 Å². The van der Waals surface area contributed by atoms with Gasteiger partial charge in [0, 0.05) is 24.0 Å². The summed E-state index contributed by atoms with van der Waals surface area (Å²) in [5.74, 6) is -0.631. The summed E-state index contributed by atoms with van der Waals surface area (Å²) in [4.78, 5) is 27.4. The van der Waals surface area contributed by atoms with E-state index in [2.05, 4.69) is 48.3 Å². The van der Waals surface area contributed by atoms with Crippen LogP contribution in [0.1, 0.15) is 51.6 Å². The number of nitrogens with one attached hydrogen (secondary N) is 1. The van der Waals surface area contributed by atoms with Crippen molar-refractivity contribution in [3.05, 3.63) is 76.9 Å². The van der Waals surface area contributed by atoms with E-state index in [0.717, 1.165) is 42.4 Å². The van der Waals surface area contributed by atoms with Gasteiger partial charge in [-0.2, -0.15) is 0 Å². The second-order valence-corrected chi connectivity index (χ2v) is 7.41. The molecule has 0 saturated carbocycles. The highest BCUT2D eigenvalue weighted by Crippen LogP contribution is 2.34. The van der Waals surface area contributed by atoms with Gasteiger partial charge in [0.2, 0.25) is 0 Å². The Morgan fingerprint density at radius 2 is 1.71 bits per heavy atom. The van der Waals surface area contributed by atoms with Crippen LogP contribution in [0.2, 0.25) is 0 Å². The van der Waals surface area contributed by atoms with Gasteiger partial charge in [0.05, 0.1) is 11.3 Å². The minimum atomic E-state index is -0.320. The summed E-state index contributed by atoms with van der Waals surface area (Å²) >= 11 is 0. The molecular weight excluding hydrogens is 348 g/mol. The van der Waals surface area contributed by atoms with Gasteiger partial charge in [-0.1, -0.05) is 61.4 Å². The van der Waals surface area contributed by atoms with Crippen LogP contribution in [0.4, 0.5) is 5.69 Å². The Morgan fingerprint density at radius 1 is 0.929 bits per heavy atom. The maximum absolute atomic E-state index is 12.8. The standard InChI is InChI=1S/C24H24N2O2/c1-3-4-14-26(15-17-10-8-16(2)9-11-17)20-13-12-18-6-5-7-19-21(18)22(20)24(28)25-23(19)27/h5-13H,3-4,14-15H2,1-2H3,(H,25,27,28). The first-order valence-corrected chi connectivity index (χ1v) is 9.80. The van der Waals surface area contributed by atoms with Crippen LogP contribution in [0.25, 0.3) is 10.8 Å². The lowest BCUT2D eigenvalue weighted by Crippen LogP contribution is -2.37. The van der Waals surface area contributed by atoms with E-state index < -0.39 is 0 Å². The zero-order chi connectivity index (χ0) is 19.7. The lowest BCUT2D eigenvalue weighted by molar-refractivity contribution is 0.0845. The van der Waals surface area contributed by atoms with E-state index in [9.17, 15) is 9.59 Å². The molecule has 0 fully saturated rings. The van der Waals surface area contributed by atoms with E-state index in [1.165, 1.54) is 11.1 Å². The Labute approximate surface area is 165 Å². The van der Waals surface area contributed by atoms with Crippen LogP contribution >= 0.6 is 0 Å². The molecule has 0 aromatic heterocycles. The number of hydrogen-bond acceptors (Lipinski definition) is 3. The molecule has 0 radical (unpaired) electrons. The quantitative estimate of drug-likeness (QED) is 0.630. The van der Waals surface area contributed by atoms with Crippen molar-refractivity contribution in [2.24, 2.45) is 0 Å². The summed E-state index contributed by atoms with van der Waals surface area (Å²) in [7, 11) is 0. The number of rotatable bonds is 6. The number of anilines is 1. The number of hydrogen-bond donors (Lipinski definition) is 1. The van der Waals surface area contributed by atoms with Gasteiger partial charge in [-0.25, -0.2) is 0 Å². The average molecular weight is 372 g/mol. The molecule has 1 aliphatic rings. The lowest BCUT2D eigenvalue weighted by Gasteiger charge is -2.29. The highest BCUT2D eigenvalue weighted by molar-refractivity contribution is 6.27. The number of amides is 2. The normalized spacial score (nSPS) is 12.9. The predicted octanol–water partition coefficient (Wildman–Crippen LogP) is 4.84. The molecule has 0 aliphatic carbocycles. The van der Waals surface area contributed by atoms with Crippen LogP contribution in [-0.2, 0) is 6.54 Å². The molecule has 4 rings (SSSR count). The summed E-state index contributed by atoms with van der Waals surface area (Å²) < 4.78 is 0. The number of imide groups is 1. The van der Waals surface area contributed by atoms with Crippen LogP contribution in [0.5, 0.6) is 0 Å². The first-order valence-electron chi connectivity index (χ1n) is 9.80. The van der Waals surface area contributed by atoms with Crippen molar-refractivity contribution in [1.29, 1.82) is 0 Å². The highest BCUT2D eigenvalue weighted by Gasteiger charge is 2.29. The minimum Gasteiger partial charge on any atom is -0.367 e. The summed E-state index contributed by atoms with van der Waals surface area (Å²) in [6.45, 7) is 5.82. The molecule has 0 bridgehead atoms. The zero-order valence-corrected chi connectivity index (χ0v) is 16.3. The van der Waals surface area contributed by atoms with Crippen LogP contribution in [-0.4, -0.2) is 18.4 Å². The van der Waals surface area contributed by atoms with Gasteiger partial charge in [-0.15, -0.1) is 0 Å². The third-order valence-corrected chi connectivity index (χ3v) is 5.34. The molecule has 4 nitrogen and oxygen atoms in total. The summed E-state index contributed by atoms with van der Waals surface area (Å²) in [5.41, 5.74) is 4.50. The van der Waals surface area contributed by atoms with Crippen LogP contribution in [0, 0.1) is 6.92 Å². The third kappa shape index (κ3) is 3.26. The van der Waals surface area contributed by atoms with E-state index in [4.69, 9.17) is 0 Å². The molecule has 3 aromatic carbocycles. The van der Waals surface area contributed by atoms with E-state index >= 15 is 0 Å². The monoisotopic (exact) mass is 372 g/mol. The Balaban J connectivity index is 1.84. The Morgan fingerprint density at radius 3 is 2.46 bits per heavy atom. The second-order valence-electron chi connectivity index (χ2n) is 7.41. The zero-order valence-electron chi connectivity index (χ0n) is 16.3. The van der Waals surface area contributed by atoms with Crippen LogP contribution in [0.15, 0.2) is 54.6 Å². The Hall–Kier alpha value is -3.14. The van der Waals surface area contributed by atoms with Crippen molar-refractivity contribution in [2.45, 2.75) is 33.2 Å². The number of nitrogens with zero attached hydrogens (tertiary/aromatic N) is 1. The summed E-state index contributed by atoms with van der Waals surface area (Å²) in [6.07, 6.45) is 2.11. The van der Waals surface area contributed by atoms with Crippen molar-refractivity contribution in [1.82, 2.24) is 5.32 Å². The molecule has 142 valence electrons. The Bertz CT molecular complexity index is 1050. The van der Waals surface area contributed by atoms with E-state index in [1.54, 1.807) is 6.07 Å². The van der Waals surface area contributed by atoms with Gasteiger partial charge < -0.3 is 4.90 Å². The van der Waals surface area contributed by atoms with E-state index in [1.807, 2.05) is 24.3 Å². The molecule has 0 spiro atoms. The topological polar surface area (TPSA) is 49.4 Å². The number of unbranched alkanes of at least 4 members (excludes halogenated alkanes) is 1. The molecular formula is C24H24N2O2. The van der Waals surface area contributed by atoms with Crippen LogP contribution in [0.3, 0.4) is 0 Å². The second kappa shape index (κ2) is 7.47. The van der Waals surface area contributed by atoms with Gasteiger partial charge in [0.15, 0.2) is 0 Å². The maximum Gasteiger partial charge on any atom is 0.260 e. The van der Waals surface area contributed by atoms with Gasteiger partial charge in [-0.3, -0.25) is 14.9 Å². The summed E-state index contributed by atoms with van der Waals surface area (Å²) in [5, 5.41) is 4.20. The first-order chi connectivity index (χ1) is 13.6. The highest BCUT2D eigenvalue weighted by atomic mass is 16.2. The molecule has 1 aliphatic heterocycles. The fourth-order valence-corrected chi connectivity index (χ4v) is 3.83. The number of benzene rings is 3. The molecule has 28 heavy (non-hydrogen) atoms. The van der Waals surface area contributed by atoms with Gasteiger partial charge in [-0.05, 0) is 36.4 Å². The van der Waals surface area contributed by atoms with Crippen molar-refractivity contribution < 1.29 is 9.59 Å². The molecule has 0 atom stereocenters. The van der Waals surface area contributed by atoms with E-state index in [0.29, 0.717) is 11.1 Å². The summed E-state index contributed by atoms with van der Waals surface area (Å²) in [6, 6.07) is 18.1. The molecule has 2 amide bonds. The molecule has 3 aromatic rings.